The van der Waals surface area contributed by atoms with Gasteiger partial charge in [-0.3, -0.25) is 4.79 Å². The fourth-order valence-electron chi connectivity index (χ4n) is 2.74. The van der Waals surface area contributed by atoms with Crippen molar-refractivity contribution in [2.45, 2.75) is 50.0 Å². The number of nitrogens with one attached hydrogen (secondary N) is 1. The molecule has 0 spiro atoms. The highest BCUT2D eigenvalue weighted by atomic mass is 35.5. The van der Waals surface area contributed by atoms with Gasteiger partial charge in [-0.1, -0.05) is 37.8 Å². The van der Waals surface area contributed by atoms with Crippen LogP contribution >= 0.6 is 24.2 Å². The maximum atomic E-state index is 12.3. The summed E-state index contributed by atoms with van der Waals surface area (Å²) in [7, 11) is 0. The van der Waals surface area contributed by atoms with Gasteiger partial charge in [-0.05, 0) is 37.0 Å². The van der Waals surface area contributed by atoms with E-state index >= 15 is 0 Å². The first-order valence-electron chi connectivity index (χ1n) is 6.89. The van der Waals surface area contributed by atoms with Crippen molar-refractivity contribution in [2.24, 2.45) is 5.92 Å². The van der Waals surface area contributed by atoms with Gasteiger partial charge >= 0.3 is 0 Å². The predicted octanol–water partition coefficient (Wildman–Crippen LogP) is 4.33. The Labute approximate surface area is 125 Å². The van der Waals surface area contributed by atoms with Crippen LogP contribution in [0.2, 0.25) is 5.02 Å². The summed E-state index contributed by atoms with van der Waals surface area (Å²) >= 11 is 10.3. The van der Waals surface area contributed by atoms with Crippen molar-refractivity contribution in [2.75, 3.05) is 0 Å². The number of thiol groups is 1. The van der Waals surface area contributed by atoms with Crippen LogP contribution in [0.1, 0.15) is 49.4 Å². The molecule has 1 amide bonds. The molecule has 2 nitrogen and oxygen atoms in total. The summed E-state index contributed by atoms with van der Waals surface area (Å²) in [5.74, 6) is 0.661. The number of carbonyl (C=O) groups is 1. The van der Waals surface area contributed by atoms with Gasteiger partial charge in [-0.15, -0.1) is 12.6 Å². The summed E-state index contributed by atoms with van der Waals surface area (Å²) in [6.45, 7) is 2.22. The molecule has 4 heteroatoms. The first-order chi connectivity index (χ1) is 9.10. The number of carbonyl (C=O) groups excluding carboxylic acids is 1. The van der Waals surface area contributed by atoms with Crippen LogP contribution in [0, 0.1) is 5.92 Å². The molecule has 2 atom stereocenters. The fraction of sp³-hybridized carbons (Fsp3) is 0.533. The standard InChI is InChI=1S/C15H20ClNOS/c1-2-10-4-3-5-11(8-10)17-15(18)13-9-12(19)6-7-14(13)16/h6-7,9-11,19H,2-5,8H2,1H3,(H,17,18). The molecule has 1 saturated carbocycles. The molecular weight excluding hydrogens is 278 g/mol. The van der Waals surface area contributed by atoms with Gasteiger partial charge in [-0.2, -0.15) is 0 Å². The van der Waals surface area contributed by atoms with Crippen LogP contribution in [-0.2, 0) is 0 Å². The van der Waals surface area contributed by atoms with Crippen LogP contribution in [0.4, 0.5) is 0 Å². The van der Waals surface area contributed by atoms with E-state index in [4.69, 9.17) is 11.6 Å². The van der Waals surface area contributed by atoms with Crippen LogP contribution < -0.4 is 5.32 Å². The molecule has 1 aromatic rings. The molecule has 1 fully saturated rings. The SMILES string of the molecule is CCC1CCCC(NC(=O)c2cc(S)ccc2Cl)C1. The van der Waals surface area contributed by atoms with Crippen LogP contribution in [-0.4, -0.2) is 11.9 Å². The minimum atomic E-state index is -0.0809. The highest BCUT2D eigenvalue weighted by molar-refractivity contribution is 7.80. The Morgan fingerprint density at radius 2 is 2.26 bits per heavy atom. The molecule has 19 heavy (non-hydrogen) atoms. The third-order valence-electron chi connectivity index (χ3n) is 3.89. The molecule has 0 radical (unpaired) electrons. The lowest BCUT2D eigenvalue weighted by atomic mass is 9.84. The number of amides is 1. The Kier molecular flexibility index (Phi) is 5.17. The minimum absolute atomic E-state index is 0.0809. The molecule has 1 aliphatic carbocycles. The molecule has 0 aliphatic heterocycles. The summed E-state index contributed by atoms with van der Waals surface area (Å²) in [4.78, 5) is 13.0. The lowest BCUT2D eigenvalue weighted by molar-refractivity contribution is 0.0919. The lowest BCUT2D eigenvalue weighted by Gasteiger charge is -2.29. The number of halogens is 1. The van der Waals surface area contributed by atoms with Gasteiger partial charge in [0.15, 0.2) is 0 Å². The van der Waals surface area contributed by atoms with Gasteiger partial charge in [-0.25, -0.2) is 0 Å². The Balaban J connectivity index is 2.02. The maximum absolute atomic E-state index is 12.3. The van der Waals surface area contributed by atoms with Crippen LogP contribution in [0.25, 0.3) is 0 Å². The van der Waals surface area contributed by atoms with Crippen LogP contribution in [0.5, 0.6) is 0 Å². The van der Waals surface area contributed by atoms with Crippen LogP contribution in [0.3, 0.4) is 0 Å². The number of hydrogen-bond acceptors (Lipinski definition) is 2. The normalized spacial score (nSPS) is 23.1. The number of rotatable bonds is 3. The van der Waals surface area contributed by atoms with E-state index in [9.17, 15) is 4.79 Å². The minimum Gasteiger partial charge on any atom is -0.349 e. The summed E-state index contributed by atoms with van der Waals surface area (Å²) in [6, 6.07) is 5.51. The van der Waals surface area contributed by atoms with Gasteiger partial charge in [0.2, 0.25) is 0 Å². The second-order valence-corrected chi connectivity index (χ2v) is 6.20. The smallest absolute Gasteiger partial charge is 0.253 e. The monoisotopic (exact) mass is 297 g/mol. The molecule has 1 aliphatic rings. The van der Waals surface area contributed by atoms with E-state index in [0.29, 0.717) is 10.6 Å². The highest BCUT2D eigenvalue weighted by Gasteiger charge is 2.23. The Hall–Kier alpha value is -0.670. The first-order valence-corrected chi connectivity index (χ1v) is 7.72. The van der Waals surface area contributed by atoms with E-state index in [0.717, 1.165) is 23.7 Å². The molecule has 0 bridgehead atoms. The zero-order valence-electron chi connectivity index (χ0n) is 11.2. The van der Waals surface area contributed by atoms with E-state index in [2.05, 4.69) is 24.9 Å². The van der Waals surface area contributed by atoms with E-state index < -0.39 is 0 Å². The third-order valence-corrected chi connectivity index (χ3v) is 4.50. The second-order valence-electron chi connectivity index (χ2n) is 5.28. The Morgan fingerprint density at radius 1 is 1.47 bits per heavy atom. The van der Waals surface area contributed by atoms with Crippen molar-refractivity contribution in [1.82, 2.24) is 5.32 Å². The summed E-state index contributed by atoms with van der Waals surface area (Å²) < 4.78 is 0. The van der Waals surface area contributed by atoms with E-state index in [1.165, 1.54) is 19.3 Å². The predicted molar refractivity (Wildman–Crippen MR) is 82.2 cm³/mol. The topological polar surface area (TPSA) is 29.1 Å². The van der Waals surface area contributed by atoms with Gasteiger partial charge < -0.3 is 5.32 Å². The molecule has 2 unspecified atom stereocenters. The maximum Gasteiger partial charge on any atom is 0.253 e. The van der Waals surface area contributed by atoms with E-state index in [1.54, 1.807) is 18.2 Å². The first kappa shape index (κ1) is 14.7. The molecule has 104 valence electrons. The molecule has 0 aromatic heterocycles. The van der Waals surface area contributed by atoms with Gasteiger partial charge in [0, 0.05) is 10.9 Å². The molecule has 1 aromatic carbocycles. The zero-order chi connectivity index (χ0) is 13.8. The van der Waals surface area contributed by atoms with Crippen molar-refractivity contribution in [3.8, 4) is 0 Å². The largest absolute Gasteiger partial charge is 0.349 e. The zero-order valence-corrected chi connectivity index (χ0v) is 12.8. The van der Waals surface area contributed by atoms with Crippen molar-refractivity contribution >= 4 is 30.1 Å². The Bertz CT molecular complexity index is 463. The van der Waals surface area contributed by atoms with E-state index in [1.807, 2.05) is 0 Å². The number of hydrogen-bond donors (Lipinski definition) is 2. The average molecular weight is 298 g/mol. The molecule has 2 rings (SSSR count). The van der Waals surface area contributed by atoms with Gasteiger partial charge in [0.05, 0.1) is 10.6 Å². The van der Waals surface area contributed by atoms with Crippen molar-refractivity contribution < 1.29 is 4.79 Å². The summed E-state index contributed by atoms with van der Waals surface area (Å²) in [5.41, 5.74) is 0.521. The average Bonchev–Trinajstić information content (AvgIpc) is 2.41. The molecule has 0 saturated heterocycles. The quantitative estimate of drug-likeness (QED) is 0.799. The molecular formula is C15H20ClNOS. The molecule has 0 heterocycles. The molecule has 1 N–H and O–H groups in total. The third kappa shape index (κ3) is 3.90. The fourth-order valence-corrected chi connectivity index (χ4v) is 3.15. The van der Waals surface area contributed by atoms with Crippen molar-refractivity contribution in [3.05, 3.63) is 28.8 Å². The number of benzene rings is 1. The highest BCUT2D eigenvalue weighted by Crippen LogP contribution is 2.27. The summed E-state index contributed by atoms with van der Waals surface area (Å²) in [5, 5.41) is 3.59. The van der Waals surface area contributed by atoms with E-state index in [-0.39, 0.29) is 11.9 Å². The Morgan fingerprint density at radius 3 is 3.00 bits per heavy atom. The van der Waals surface area contributed by atoms with Crippen molar-refractivity contribution in [3.63, 3.8) is 0 Å². The van der Waals surface area contributed by atoms with Crippen molar-refractivity contribution in [1.29, 1.82) is 0 Å². The van der Waals surface area contributed by atoms with Crippen LogP contribution in [0.15, 0.2) is 23.1 Å². The van der Waals surface area contributed by atoms with Gasteiger partial charge in [0.25, 0.3) is 5.91 Å². The summed E-state index contributed by atoms with van der Waals surface area (Å²) in [6.07, 6.45) is 5.83. The second kappa shape index (κ2) is 6.67. The van der Waals surface area contributed by atoms with Gasteiger partial charge in [0.1, 0.15) is 0 Å². The lowest BCUT2D eigenvalue weighted by Crippen LogP contribution is -2.38.